The molecule has 0 fully saturated rings. The van der Waals surface area contributed by atoms with Crippen molar-refractivity contribution in [1.29, 1.82) is 0 Å². The van der Waals surface area contributed by atoms with Crippen LogP contribution >= 0.6 is 0 Å². The minimum atomic E-state index is -0.140. The Morgan fingerprint density at radius 2 is 2.17 bits per heavy atom. The average molecular weight is 313 g/mol. The molecule has 2 rings (SSSR count). The number of hydrogen-bond donors (Lipinski definition) is 2. The van der Waals surface area contributed by atoms with Crippen molar-refractivity contribution in [1.82, 2.24) is 10.3 Å². The van der Waals surface area contributed by atoms with E-state index in [1.807, 2.05) is 32.0 Å². The van der Waals surface area contributed by atoms with Crippen molar-refractivity contribution >= 4 is 5.91 Å². The zero-order valence-electron chi connectivity index (χ0n) is 13.6. The Bertz CT molecular complexity index is 658. The molecule has 3 N–H and O–H groups in total. The summed E-state index contributed by atoms with van der Waals surface area (Å²) >= 11 is 0. The molecule has 122 valence electrons. The summed E-state index contributed by atoms with van der Waals surface area (Å²) < 4.78 is 5.46. The number of nitrogens with zero attached hydrogens (tertiary/aromatic N) is 1. The first kappa shape index (κ1) is 17.0. The number of nitrogens with one attached hydrogen (secondary N) is 1. The predicted octanol–water partition coefficient (Wildman–Crippen LogP) is 2.61. The van der Waals surface area contributed by atoms with E-state index in [9.17, 15) is 4.79 Å². The first-order valence-corrected chi connectivity index (χ1v) is 7.80. The normalized spacial score (nSPS) is 11.8. The Hall–Kier alpha value is -2.40. The van der Waals surface area contributed by atoms with Crippen LogP contribution in [0.4, 0.5) is 0 Å². The van der Waals surface area contributed by atoms with Crippen LogP contribution in [-0.4, -0.2) is 24.0 Å². The Labute approximate surface area is 136 Å². The van der Waals surface area contributed by atoms with Crippen LogP contribution in [0.15, 0.2) is 42.6 Å². The van der Waals surface area contributed by atoms with Gasteiger partial charge in [0.1, 0.15) is 12.4 Å². The number of amides is 1. The maximum atomic E-state index is 12.5. The SMILES string of the molecule is CC[C@H](NC(=O)c1cccc(OCCN)c1)c1cc(C)ccn1. The van der Waals surface area contributed by atoms with E-state index in [1.165, 1.54) is 0 Å². The Balaban J connectivity index is 2.10. The van der Waals surface area contributed by atoms with Gasteiger partial charge in [0.2, 0.25) is 0 Å². The first-order valence-electron chi connectivity index (χ1n) is 7.80. The molecule has 1 atom stereocenters. The van der Waals surface area contributed by atoms with Crippen LogP contribution in [0.5, 0.6) is 5.75 Å². The lowest BCUT2D eigenvalue weighted by Gasteiger charge is -2.17. The lowest BCUT2D eigenvalue weighted by atomic mass is 10.1. The van der Waals surface area contributed by atoms with Crippen molar-refractivity contribution in [2.45, 2.75) is 26.3 Å². The van der Waals surface area contributed by atoms with E-state index < -0.39 is 0 Å². The molecule has 1 aromatic carbocycles. The van der Waals surface area contributed by atoms with Crippen LogP contribution in [0, 0.1) is 6.92 Å². The number of benzene rings is 1. The van der Waals surface area contributed by atoms with Gasteiger partial charge in [-0.2, -0.15) is 0 Å². The topological polar surface area (TPSA) is 77.2 Å². The number of nitrogens with two attached hydrogens (primary N) is 1. The standard InChI is InChI=1S/C18H23N3O2/c1-3-16(17-11-13(2)7-9-20-17)21-18(22)14-5-4-6-15(12-14)23-10-8-19/h4-7,9,11-12,16H,3,8,10,19H2,1-2H3,(H,21,22)/t16-/m0/s1. The molecule has 0 spiro atoms. The second-order valence-electron chi connectivity index (χ2n) is 5.36. The van der Waals surface area contributed by atoms with Gasteiger partial charge >= 0.3 is 0 Å². The molecule has 0 bridgehead atoms. The van der Waals surface area contributed by atoms with Gasteiger partial charge in [0.05, 0.1) is 11.7 Å². The van der Waals surface area contributed by atoms with Gasteiger partial charge in [0.15, 0.2) is 0 Å². The van der Waals surface area contributed by atoms with Gasteiger partial charge in [-0.15, -0.1) is 0 Å². The fraction of sp³-hybridized carbons (Fsp3) is 0.333. The molecule has 0 saturated carbocycles. The molecule has 1 amide bonds. The fourth-order valence-corrected chi connectivity index (χ4v) is 2.28. The van der Waals surface area contributed by atoms with Crippen molar-refractivity contribution in [3.05, 3.63) is 59.4 Å². The van der Waals surface area contributed by atoms with Crippen LogP contribution in [-0.2, 0) is 0 Å². The highest BCUT2D eigenvalue weighted by Gasteiger charge is 2.15. The van der Waals surface area contributed by atoms with E-state index in [1.54, 1.807) is 24.4 Å². The van der Waals surface area contributed by atoms with E-state index in [-0.39, 0.29) is 11.9 Å². The molecule has 2 aromatic rings. The van der Waals surface area contributed by atoms with Crippen molar-refractivity contribution in [3.8, 4) is 5.75 Å². The maximum Gasteiger partial charge on any atom is 0.251 e. The highest BCUT2D eigenvalue weighted by molar-refractivity contribution is 5.94. The highest BCUT2D eigenvalue weighted by Crippen LogP contribution is 2.18. The second-order valence-corrected chi connectivity index (χ2v) is 5.36. The molecule has 0 saturated heterocycles. The Morgan fingerprint density at radius 1 is 1.35 bits per heavy atom. The molecule has 5 heteroatoms. The smallest absolute Gasteiger partial charge is 0.251 e. The number of ether oxygens (including phenoxy) is 1. The third kappa shape index (κ3) is 4.79. The van der Waals surface area contributed by atoms with Crippen LogP contribution in [0.1, 0.15) is 41.0 Å². The molecule has 0 unspecified atom stereocenters. The summed E-state index contributed by atoms with van der Waals surface area (Å²) in [5.74, 6) is 0.503. The molecule has 1 heterocycles. The summed E-state index contributed by atoms with van der Waals surface area (Å²) in [7, 11) is 0. The summed E-state index contributed by atoms with van der Waals surface area (Å²) in [4.78, 5) is 16.8. The van der Waals surface area contributed by atoms with E-state index in [0.29, 0.717) is 24.5 Å². The molecule has 0 aliphatic carbocycles. The fourth-order valence-electron chi connectivity index (χ4n) is 2.28. The number of hydrogen-bond acceptors (Lipinski definition) is 4. The number of carbonyl (C=O) groups is 1. The van der Waals surface area contributed by atoms with Gasteiger partial charge in [-0.1, -0.05) is 13.0 Å². The van der Waals surface area contributed by atoms with E-state index in [0.717, 1.165) is 17.7 Å². The second kappa shape index (κ2) is 8.29. The molecule has 23 heavy (non-hydrogen) atoms. The van der Waals surface area contributed by atoms with Crippen molar-refractivity contribution in [3.63, 3.8) is 0 Å². The summed E-state index contributed by atoms with van der Waals surface area (Å²) in [5.41, 5.74) is 7.98. The monoisotopic (exact) mass is 313 g/mol. The molecular formula is C18H23N3O2. The largest absolute Gasteiger partial charge is 0.492 e. The number of carbonyl (C=O) groups excluding carboxylic acids is 1. The van der Waals surface area contributed by atoms with Gasteiger partial charge in [0.25, 0.3) is 5.91 Å². The van der Waals surface area contributed by atoms with Crippen LogP contribution in [0.2, 0.25) is 0 Å². The molecule has 0 aliphatic heterocycles. The zero-order chi connectivity index (χ0) is 16.7. The third-order valence-electron chi connectivity index (χ3n) is 3.49. The Morgan fingerprint density at radius 3 is 2.87 bits per heavy atom. The maximum absolute atomic E-state index is 12.5. The summed E-state index contributed by atoms with van der Waals surface area (Å²) in [6.07, 6.45) is 2.53. The number of aryl methyl sites for hydroxylation is 1. The van der Waals surface area contributed by atoms with E-state index in [2.05, 4.69) is 10.3 Å². The third-order valence-corrected chi connectivity index (χ3v) is 3.49. The zero-order valence-corrected chi connectivity index (χ0v) is 13.6. The summed E-state index contributed by atoms with van der Waals surface area (Å²) in [5, 5.41) is 3.03. The molecule has 0 aliphatic rings. The van der Waals surface area contributed by atoms with Gasteiger partial charge in [-0.3, -0.25) is 9.78 Å². The number of rotatable bonds is 7. The van der Waals surface area contributed by atoms with Crippen LogP contribution in [0.25, 0.3) is 0 Å². The molecule has 1 aromatic heterocycles. The first-order chi connectivity index (χ1) is 11.1. The van der Waals surface area contributed by atoms with Crippen molar-refractivity contribution in [2.75, 3.05) is 13.2 Å². The van der Waals surface area contributed by atoms with Gasteiger partial charge in [-0.25, -0.2) is 0 Å². The van der Waals surface area contributed by atoms with E-state index in [4.69, 9.17) is 10.5 Å². The van der Waals surface area contributed by atoms with Gasteiger partial charge < -0.3 is 15.8 Å². The predicted molar refractivity (Wildman–Crippen MR) is 90.5 cm³/mol. The minimum absolute atomic E-state index is 0.115. The summed E-state index contributed by atoms with van der Waals surface area (Å²) in [6, 6.07) is 10.9. The lowest BCUT2D eigenvalue weighted by Crippen LogP contribution is -2.28. The number of pyridine rings is 1. The lowest BCUT2D eigenvalue weighted by molar-refractivity contribution is 0.0934. The van der Waals surface area contributed by atoms with Crippen LogP contribution in [0.3, 0.4) is 0 Å². The van der Waals surface area contributed by atoms with Gasteiger partial charge in [-0.05, 0) is 49.2 Å². The van der Waals surface area contributed by atoms with Crippen LogP contribution < -0.4 is 15.8 Å². The number of aromatic nitrogens is 1. The quantitative estimate of drug-likeness (QED) is 0.823. The van der Waals surface area contributed by atoms with Gasteiger partial charge in [0, 0.05) is 18.3 Å². The average Bonchev–Trinajstić information content (AvgIpc) is 2.57. The minimum Gasteiger partial charge on any atom is -0.492 e. The van der Waals surface area contributed by atoms with Crippen molar-refractivity contribution < 1.29 is 9.53 Å². The molecule has 0 radical (unpaired) electrons. The summed E-state index contributed by atoms with van der Waals surface area (Å²) in [6.45, 7) is 4.90. The Kier molecular flexibility index (Phi) is 6.11. The molecular weight excluding hydrogens is 290 g/mol. The van der Waals surface area contributed by atoms with E-state index >= 15 is 0 Å². The van der Waals surface area contributed by atoms with Crippen molar-refractivity contribution in [2.24, 2.45) is 5.73 Å². The highest BCUT2D eigenvalue weighted by atomic mass is 16.5. The molecule has 5 nitrogen and oxygen atoms in total.